The fraction of sp³-hybridized carbons (Fsp3) is 0.727. The van der Waals surface area contributed by atoms with E-state index in [4.69, 9.17) is 5.73 Å². The summed E-state index contributed by atoms with van der Waals surface area (Å²) < 4.78 is 1.79. The summed E-state index contributed by atoms with van der Waals surface area (Å²) in [5.41, 5.74) is 7.01. The summed E-state index contributed by atoms with van der Waals surface area (Å²) in [6.45, 7) is 0. The lowest BCUT2D eigenvalue weighted by molar-refractivity contribution is 0.415. The van der Waals surface area contributed by atoms with Gasteiger partial charge in [0.05, 0.1) is 5.69 Å². The predicted molar refractivity (Wildman–Crippen MR) is 55.8 cm³/mol. The fourth-order valence-electron chi connectivity index (χ4n) is 2.82. The Morgan fingerprint density at radius 3 is 2.86 bits per heavy atom. The van der Waals surface area contributed by atoms with Gasteiger partial charge in [-0.3, -0.25) is 4.68 Å². The van der Waals surface area contributed by atoms with E-state index in [0.29, 0.717) is 5.92 Å². The number of hydrogen-bond donors (Lipinski definition) is 1. The van der Waals surface area contributed by atoms with Crippen LogP contribution < -0.4 is 5.73 Å². The molecule has 76 valence electrons. The number of aryl methyl sites for hydroxylation is 1. The Kier molecular flexibility index (Phi) is 1.64. The highest BCUT2D eigenvalue weighted by atomic mass is 15.3. The lowest BCUT2D eigenvalue weighted by atomic mass is 9.87. The largest absolute Gasteiger partial charge is 0.384 e. The van der Waals surface area contributed by atoms with Crippen LogP contribution >= 0.6 is 0 Å². The van der Waals surface area contributed by atoms with Gasteiger partial charge in [-0.05, 0) is 37.5 Å². The number of anilines is 1. The second-order valence-corrected chi connectivity index (χ2v) is 4.88. The lowest BCUT2D eigenvalue weighted by Crippen LogP contribution is -2.07. The van der Waals surface area contributed by atoms with E-state index < -0.39 is 0 Å². The van der Waals surface area contributed by atoms with Crippen LogP contribution in [0.5, 0.6) is 0 Å². The van der Waals surface area contributed by atoms with Crippen molar-refractivity contribution in [3.05, 3.63) is 11.8 Å². The minimum absolute atomic E-state index is 0.683. The molecule has 2 fully saturated rings. The summed E-state index contributed by atoms with van der Waals surface area (Å²) in [4.78, 5) is 0. The van der Waals surface area contributed by atoms with Crippen molar-refractivity contribution in [2.24, 2.45) is 18.9 Å². The first-order valence-corrected chi connectivity index (χ1v) is 5.53. The Labute approximate surface area is 84.3 Å². The number of nitrogens with two attached hydrogens (primary N) is 1. The number of aromatic nitrogens is 2. The van der Waals surface area contributed by atoms with E-state index in [1.807, 2.05) is 13.1 Å². The molecule has 2 aliphatic carbocycles. The average molecular weight is 191 g/mol. The second kappa shape index (κ2) is 2.75. The van der Waals surface area contributed by atoms with Crippen molar-refractivity contribution < 1.29 is 0 Å². The third-order valence-electron chi connectivity index (χ3n) is 3.90. The Morgan fingerprint density at radius 2 is 2.21 bits per heavy atom. The normalized spacial score (nSPS) is 35.4. The van der Waals surface area contributed by atoms with Gasteiger partial charge in [0.1, 0.15) is 5.82 Å². The van der Waals surface area contributed by atoms with Crippen molar-refractivity contribution in [3.63, 3.8) is 0 Å². The van der Waals surface area contributed by atoms with Crippen LogP contribution in [0, 0.1) is 11.8 Å². The van der Waals surface area contributed by atoms with Crippen molar-refractivity contribution in [2.45, 2.75) is 31.6 Å². The van der Waals surface area contributed by atoms with Crippen LogP contribution in [0.3, 0.4) is 0 Å². The minimum atomic E-state index is 0.683. The molecule has 0 saturated heterocycles. The Bertz CT molecular complexity index is 336. The number of rotatable bonds is 1. The Balaban J connectivity index is 1.80. The van der Waals surface area contributed by atoms with Gasteiger partial charge in [-0.2, -0.15) is 5.10 Å². The van der Waals surface area contributed by atoms with Crippen molar-refractivity contribution in [1.82, 2.24) is 9.78 Å². The van der Waals surface area contributed by atoms with Crippen molar-refractivity contribution in [3.8, 4) is 0 Å². The molecule has 1 unspecified atom stereocenters. The highest BCUT2D eigenvalue weighted by Gasteiger charge is 2.42. The molecule has 1 heterocycles. The zero-order valence-electron chi connectivity index (χ0n) is 8.61. The number of nitrogen functional groups attached to an aromatic ring is 1. The molecule has 0 radical (unpaired) electrons. The first kappa shape index (κ1) is 8.33. The topological polar surface area (TPSA) is 43.8 Å². The molecule has 3 rings (SSSR count). The molecule has 2 N–H and O–H groups in total. The highest BCUT2D eigenvalue weighted by molar-refractivity contribution is 5.32. The van der Waals surface area contributed by atoms with Gasteiger partial charge in [-0.15, -0.1) is 0 Å². The molecule has 1 aromatic rings. The second-order valence-electron chi connectivity index (χ2n) is 4.88. The van der Waals surface area contributed by atoms with E-state index >= 15 is 0 Å². The van der Waals surface area contributed by atoms with Gasteiger partial charge in [-0.1, -0.05) is 0 Å². The standard InChI is InChI=1S/C11H17N3/c1-14-11(12)6-10(13-14)8-3-2-7-4-9(7)5-8/h6-9H,2-5,12H2,1H3/t7-,8?,9-/m1/s1. The van der Waals surface area contributed by atoms with Crippen molar-refractivity contribution in [2.75, 3.05) is 5.73 Å². The summed E-state index contributed by atoms with van der Waals surface area (Å²) in [5, 5.41) is 4.48. The zero-order chi connectivity index (χ0) is 9.71. The molecule has 0 amide bonds. The van der Waals surface area contributed by atoms with E-state index in [9.17, 15) is 0 Å². The molecule has 14 heavy (non-hydrogen) atoms. The molecular formula is C11H17N3. The number of fused-ring (bicyclic) bond motifs is 1. The lowest BCUT2D eigenvalue weighted by Gasteiger charge is -2.18. The van der Waals surface area contributed by atoms with Gasteiger partial charge in [0.2, 0.25) is 0 Å². The van der Waals surface area contributed by atoms with Crippen LogP contribution in [0.1, 0.15) is 37.3 Å². The van der Waals surface area contributed by atoms with Crippen molar-refractivity contribution in [1.29, 1.82) is 0 Å². The van der Waals surface area contributed by atoms with E-state index in [1.54, 1.807) is 4.68 Å². The molecule has 2 aliphatic rings. The van der Waals surface area contributed by atoms with Crippen LogP contribution in [-0.2, 0) is 7.05 Å². The van der Waals surface area contributed by atoms with Gasteiger partial charge >= 0.3 is 0 Å². The van der Waals surface area contributed by atoms with E-state index in [1.165, 1.54) is 31.4 Å². The van der Waals surface area contributed by atoms with Gasteiger partial charge in [0, 0.05) is 19.0 Å². The summed E-state index contributed by atoms with van der Waals surface area (Å²) >= 11 is 0. The average Bonchev–Trinajstić information content (AvgIpc) is 2.87. The molecule has 0 spiro atoms. The minimum Gasteiger partial charge on any atom is -0.384 e. The maximum atomic E-state index is 5.79. The van der Waals surface area contributed by atoms with Gasteiger partial charge in [-0.25, -0.2) is 0 Å². The number of hydrogen-bond acceptors (Lipinski definition) is 2. The van der Waals surface area contributed by atoms with E-state index in [2.05, 4.69) is 5.10 Å². The van der Waals surface area contributed by atoms with E-state index in [0.717, 1.165) is 17.7 Å². The maximum Gasteiger partial charge on any atom is 0.121 e. The molecule has 0 bridgehead atoms. The maximum absolute atomic E-state index is 5.79. The summed E-state index contributed by atoms with van der Waals surface area (Å²) in [6.07, 6.45) is 5.55. The molecule has 3 nitrogen and oxygen atoms in total. The third-order valence-corrected chi connectivity index (χ3v) is 3.90. The molecule has 1 aromatic heterocycles. The van der Waals surface area contributed by atoms with Gasteiger partial charge in [0.15, 0.2) is 0 Å². The monoisotopic (exact) mass is 191 g/mol. The first-order chi connectivity index (χ1) is 6.74. The van der Waals surface area contributed by atoms with Crippen LogP contribution in [-0.4, -0.2) is 9.78 Å². The molecule has 0 aliphatic heterocycles. The SMILES string of the molecule is Cn1nc(C2CC[C@@H]3C[C@@H]3C2)cc1N. The molecule has 0 aromatic carbocycles. The summed E-state index contributed by atoms with van der Waals surface area (Å²) in [5.74, 6) is 3.55. The van der Waals surface area contributed by atoms with E-state index in [-0.39, 0.29) is 0 Å². The van der Waals surface area contributed by atoms with Gasteiger partial charge in [0.25, 0.3) is 0 Å². The summed E-state index contributed by atoms with van der Waals surface area (Å²) in [6, 6.07) is 2.05. The van der Waals surface area contributed by atoms with Crippen LogP contribution in [0.2, 0.25) is 0 Å². The zero-order valence-corrected chi connectivity index (χ0v) is 8.61. The predicted octanol–water partition coefficient (Wildman–Crippen LogP) is 1.91. The highest BCUT2D eigenvalue weighted by Crippen LogP contribution is 2.53. The fourth-order valence-corrected chi connectivity index (χ4v) is 2.82. The smallest absolute Gasteiger partial charge is 0.121 e. The van der Waals surface area contributed by atoms with Crippen LogP contribution in [0.25, 0.3) is 0 Å². The van der Waals surface area contributed by atoms with Gasteiger partial charge < -0.3 is 5.73 Å². The molecule has 3 atom stereocenters. The number of nitrogens with zero attached hydrogens (tertiary/aromatic N) is 2. The Morgan fingerprint density at radius 1 is 1.36 bits per heavy atom. The molecule has 2 saturated carbocycles. The Hall–Kier alpha value is -0.990. The van der Waals surface area contributed by atoms with Crippen LogP contribution in [0.15, 0.2) is 6.07 Å². The van der Waals surface area contributed by atoms with Crippen molar-refractivity contribution >= 4 is 5.82 Å². The molecule has 3 heteroatoms. The third kappa shape index (κ3) is 1.22. The summed E-state index contributed by atoms with van der Waals surface area (Å²) in [7, 11) is 1.92. The molecular weight excluding hydrogens is 174 g/mol. The first-order valence-electron chi connectivity index (χ1n) is 5.53. The quantitative estimate of drug-likeness (QED) is 0.736. The van der Waals surface area contributed by atoms with Crippen LogP contribution in [0.4, 0.5) is 5.82 Å².